The number of aryl methyl sites for hydroxylation is 3. The number of benzene rings is 3. The van der Waals surface area contributed by atoms with Gasteiger partial charge in [-0.3, -0.25) is 13.9 Å². The number of nitrogens with zero attached hydrogens (tertiary/aromatic N) is 2. The molecule has 1 atom stereocenters. The van der Waals surface area contributed by atoms with Crippen molar-refractivity contribution in [3.63, 3.8) is 0 Å². The molecule has 0 radical (unpaired) electrons. The van der Waals surface area contributed by atoms with Crippen molar-refractivity contribution < 1.29 is 18.0 Å². The average Bonchev–Trinajstić information content (AvgIpc) is 2.88. The van der Waals surface area contributed by atoms with Gasteiger partial charge in [-0.25, -0.2) is 8.42 Å². The predicted octanol–water partition coefficient (Wildman–Crippen LogP) is 4.75. The number of carbonyl (C=O) groups excluding carboxylic acids is 2. The van der Waals surface area contributed by atoms with Crippen molar-refractivity contribution in [2.24, 2.45) is 0 Å². The maximum Gasteiger partial charge on any atom is 0.264 e. The molecule has 7 nitrogen and oxygen atoms in total. The molecule has 8 heteroatoms. The topological polar surface area (TPSA) is 86.8 Å². The molecule has 0 saturated carbocycles. The quantitative estimate of drug-likeness (QED) is 0.384. The highest BCUT2D eigenvalue weighted by Gasteiger charge is 2.34. The first kappa shape index (κ1) is 28.9. The molecule has 0 fully saturated rings. The molecule has 0 heterocycles. The highest BCUT2D eigenvalue weighted by molar-refractivity contribution is 7.92. The van der Waals surface area contributed by atoms with Crippen LogP contribution in [0.2, 0.25) is 0 Å². The van der Waals surface area contributed by atoms with Crippen LogP contribution in [-0.4, -0.2) is 44.3 Å². The molecular formula is C30H37N3O4S. The molecule has 3 aromatic carbocycles. The molecule has 0 aliphatic heterocycles. The third-order valence-corrected chi connectivity index (χ3v) is 8.22. The number of carbonyl (C=O) groups is 2. The minimum Gasteiger partial charge on any atom is -0.355 e. The van der Waals surface area contributed by atoms with Crippen molar-refractivity contribution >= 4 is 27.5 Å². The Hall–Kier alpha value is -3.65. The van der Waals surface area contributed by atoms with Crippen LogP contribution in [0, 0.1) is 20.8 Å². The van der Waals surface area contributed by atoms with Crippen LogP contribution in [0.3, 0.4) is 0 Å². The first-order valence-corrected chi connectivity index (χ1v) is 14.3. The summed E-state index contributed by atoms with van der Waals surface area (Å²) in [5, 5.41) is 2.81. The number of hydrogen-bond donors (Lipinski definition) is 1. The molecule has 3 aromatic rings. The van der Waals surface area contributed by atoms with Crippen LogP contribution in [0.5, 0.6) is 0 Å². The van der Waals surface area contributed by atoms with Crippen LogP contribution in [0.1, 0.15) is 42.5 Å². The fourth-order valence-electron chi connectivity index (χ4n) is 4.43. The van der Waals surface area contributed by atoms with Gasteiger partial charge in [-0.2, -0.15) is 0 Å². The molecule has 0 saturated heterocycles. The van der Waals surface area contributed by atoms with Crippen molar-refractivity contribution in [2.45, 2.75) is 58.5 Å². The molecule has 0 aliphatic rings. The van der Waals surface area contributed by atoms with Gasteiger partial charge in [0.15, 0.2) is 0 Å². The second-order valence-corrected chi connectivity index (χ2v) is 11.3. The summed E-state index contributed by atoms with van der Waals surface area (Å²) < 4.78 is 29.1. The van der Waals surface area contributed by atoms with E-state index in [4.69, 9.17) is 0 Å². The van der Waals surface area contributed by atoms with Gasteiger partial charge in [0.05, 0.1) is 10.6 Å². The SMILES string of the molecule is CCNC(=O)C(CC)N(Cc1ccccc1)C(=O)CN(c1ccc(C)cc1C)S(=O)(=O)c1ccc(C)cc1. The van der Waals surface area contributed by atoms with E-state index in [2.05, 4.69) is 5.32 Å². The summed E-state index contributed by atoms with van der Waals surface area (Å²) in [7, 11) is -4.09. The van der Waals surface area contributed by atoms with Gasteiger partial charge in [-0.15, -0.1) is 0 Å². The third-order valence-electron chi connectivity index (χ3n) is 6.44. The zero-order chi connectivity index (χ0) is 27.9. The highest BCUT2D eigenvalue weighted by atomic mass is 32.2. The van der Waals surface area contributed by atoms with Gasteiger partial charge in [0.2, 0.25) is 11.8 Å². The first-order valence-electron chi connectivity index (χ1n) is 12.9. The number of hydrogen-bond acceptors (Lipinski definition) is 4. The molecular weight excluding hydrogens is 498 g/mol. The Morgan fingerprint density at radius 2 is 1.50 bits per heavy atom. The van der Waals surface area contributed by atoms with E-state index in [0.717, 1.165) is 26.6 Å². The summed E-state index contributed by atoms with van der Waals surface area (Å²) >= 11 is 0. The zero-order valence-electron chi connectivity index (χ0n) is 22.8. The second-order valence-electron chi connectivity index (χ2n) is 9.44. The van der Waals surface area contributed by atoms with Gasteiger partial charge in [-0.05, 0) is 63.4 Å². The van der Waals surface area contributed by atoms with Crippen LogP contribution in [-0.2, 0) is 26.2 Å². The summed E-state index contributed by atoms with van der Waals surface area (Å²) in [6, 6.07) is 20.7. The molecule has 0 bridgehead atoms. The highest BCUT2D eigenvalue weighted by Crippen LogP contribution is 2.28. The number of sulfonamides is 1. The largest absolute Gasteiger partial charge is 0.355 e. The van der Waals surface area contributed by atoms with Crippen molar-refractivity contribution in [1.29, 1.82) is 0 Å². The maximum atomic E-state index is 14.0. The fourth-order valence-corrected chi connectivity index (χ4v) is 5.91. The Morgan fingerprint density at radius 1 is 0.868 bits per heavy atom. The van der Waals surface area contributed by atoms with Gasteiger partial charge in [-0.1, -0.05) is 72.6 Å². The predicted molar refractivity (Wildman–Crippen MR) is 151 cm³/mol. The Balaban J connectivity index is 2.08. The van der Waals surface area contributed by atoms with E-state index in [0.29, 0.717) is 18.7 Å². The molecule has 3 rings (SSSR count). The molecule has 0 aromatic heterocycles. The molecule has 1 N–H and O–H groups in total. The lowest BCUT2D eigenvalue weighted by Crippen LogP contribution is -2.52. The van der Waals surface area contributed by atoms with Gasteiger partial charge < -0.3 is 10.2 Å². The Bertz CT molecular complexity index is 1360. The summed E-state index contributed by atoms with van der Waals surface area (Å²) in [6.45, 7) is 9.48. The Kier molecular flexibility index (Phi) is 9.69. The third kappa shape index (κ3) is 6.81. The van der Waals surface area contributed by atoms with Crippen molar-refractivity contribution in [3.8, 4) is 0 Å². The monoisotopic (exact) mass is 535 g/mol. The van der Waals surface area contributed by atoms with Crippen LogP contribution < -0.4 is 9.62 Å². The number of amides is 2. The molecule has 2 amide bonds. The molecule has 38 heavy (non-hydrogen) atoms. The number of anilines is 1. The van der Waals surface area contributed by atoms with Gasteiger partial charge in [0.1, 0.15) is 12.6 Å². The Morgan fingerprint density at radius 3 is 2.08 bits per heavy atom. The lowest BCUT2D eigenvalue weighted by atomic mass is 10.1. The van der Waals surface area contributed by atoms with Crippen LogP contribution in [0.25, 0.3) is 0 Å². The standard InChI is InChI=1S/C30H37N3O4S/c1-6-27(30(35)31-7-2)32(20-25-11-9-8-10-12-25)29(34)21-33(28-18-15-23(4)19-24(28)5)38(36,37)26-16-13-22(3)14-17-26/h8-19,27H,6-7,20-21H2,1-5H3,(H,31,35). The fraction of sp³-hybridized carbons (Fsp3) is 0.333. The van der Waals surface area contributed by atoms with Gasteiger partial charge in [0, 0.05) is 13.1 Å². The number of rotatable bonds is 11. The van der Waals surface area contributed by atoms with E-state index in [9.17, 15) is 18.0 Å². The summed E-state index contributed by atoms with van der Waals surface area (Å²) in [5.41, 5.74) is 3.93. The lowest BCUT2D eigenvalue weighted by Gasteiger charge is -2.33. The van der Waals surface area contributed by atoms with Crippen molar-refractivity contribution in [2.75, 3.05) is 17.4 Å². The van der Waals surface area contributed by atoms with Crippen LogP contribution >= 0.6 is 0 Å². The smallest absolute Gasteiger partial charge is 0.264 e. The van der Waals surface area contributed by atoms with E-state index >= 15 is 0 Å². The van der Waals surface area contributed by atoms with E-state index in [1.807, 2.05) is 77.1 Å². The summed E-state index contributed by atoms with van der Waals surface area (Å²) in [4.78, 5) is 28.5. The summed E-state index contributed by atoms with van der Waals surface area (Å²) in [6.07, 6.45) is 0.388. The first-order chi connectivity index (χ1) is 18.1. The number of likely N-dealkylation sites (N-methyl/N-ethyl adjacent to an activating group) is 1. The van der Waals surface area contributed by atoms with E-state index in [-0.39, 0.29) is 17.3 Å². The molecule has 0 spiro atoms. The number of nitrogens with one attached hydrogen (secondary N) is 1. The lowest BCUT2D eigenvalue weighted by molar-refractivity contribution is -0.140. The second kappa shape index (κ2) is 12.7. The van der Waals surface area contributed by atoms with E-state index in [1.165, 1.54) is 4.90 Å². The summed E-state index contributed by atoms with van der Waals surface area (Å²) in [5.74, 6) is -0.721. The van der Waals surface area contributed by atoms with Crippen LogP contribution in [0.4, 0.5) is 5.69 Å². The van der Waals surface area contributed by atoms with Crippen LogP contribution in [0.15, 0.2) is 77.7 Å². The minimum atomic E-state index is -4.09. The van der Waals surface area contributed by atoms with E-state index < -0.39 is 28.5 Å². The minimum absolute atomic E-state index is 0.0984. The van der Waals surface area contributed by atoms with Gasteiger partial charge in [0.25, 0.3) is 10.0 Å². The Labute approximate surface area is 226 Å². The normalized spacial score (nSPS) is 12.0. The zero-order valence-corrected chi connectivity index (χ0v) is 23.6. The maximum absolute atomic E-state index is 14.0. The average molecular weight is 536 g/mol. The van der Waals surface area contributed by atoms with Gasteiger partial charge >= 0.3 is 0 Å². The van der Waals surface area contributed by atoms with Crippen molar-refractivity contribution in [3.05, 3.63) is 95.1 Å². The van der Waals surface area contributed by atoms with Crippen molar-refractivity contribution in [1.82, 2.24) is 10.2 Å². The molecule has 202 valence electrons. The molecule has 0 aliphatic carbocycles. The van der Waals surface area contributed by atoms with E-state index in [1.54, 1.807) is 30.3 Å². The molecule has 1 unspecified atom stereocenters.